The lowest BCUT2D eigenvalue weighted by molar-refractivity contribution is -0.152. The van der Waals surface area contributed by atoms with Gasteiger partial charge in [0.05, 0.1) is 11.4 Å². The first-order chi connectivity index (χ1) is 39.7. The molecule has 8 atom stereocenters. The average Bonchev–Trinajstić information content (AvgIpc) is 3.49. The van der Waals surface area contributed by atoms with Crippen LogP contribution in [0.2, 0.25) is 0 Å². The van der Waals surface area contributed by atoms with E-state index < -0.39 is 72.5 Å². The maximum atomic E-state index is 15.0. The molecular weight excluding hydrogens is 1140 g/mol. The third kappa shape index (κ3) is 20.5. The number of hydrogen-bond donors (Lipinski definition) is 0. The fraction of sp³-hybridized carbons (Fsp3) is 0.531. The van der Waals surface area contributed by atoms with Crippen molar-refractivity contribution in [3.63, 3.8) is 0 Å². The van der Waals surface area contributed by atoms with E-state index in [2.05, 4.69) is 9.97 Å². The molecular formula is C64H86N6O10S4. The Kier molecular flexibility index (Phi) is 26.8. The molecule has 2 aromatic heterocycles. The molecule has 84 heavy (non-hydrogen) atoms. The number of benzene rings is 2. The van der Waals surface area contributed by atoms with Crippen LogP contribution in [0, 0.1) is 23.7 Å². The van der Waals surface area contributed by atoms with E-state index in [0.717, 1.165) is 22.5 Å². The molecule has 16 nitrogen and oxygen atoms in total. The largest absolute Gasteiger partial charge is 0.487 e. The van der Waals surface area contributed by atoms with Gasteiger partial charge in [0.25, 0.3) is 0 Å². The van der Waals surface area contributed by atoms with Crippen LogP contribution in [-0.4, -0.2) is 150 Å². The number of ether oxygens (including phenoxy) is 6. The molecule has 5 rings (SSSR count). The maximum absolute atomic E-state index is 15.0. The summed E-state index contributed by atoms with van der Waals surface area (Å²) in [6.07, 6.45) is 0.799. The summed E-state index contributed by atoms with van der Waals surface area (Å²) < 4.78 is 37.7. The first-order valence-electron chi connectivity index (χ1n) is 28.9. The average molecular weight is 1230 g/mol. The van der Waals surface area contributed by atoms with Crippen molar-refractivity contribution in [3.8, 4) is 11.5 Å². The van der Waals surface area contributed by atoms with Crippen molar-refractivity contribution >= 4 is 92.7 Å². The van der Waals surface area contributed by atoms with Crippen molar-refractivity contribution in [3.05, 3.63) is 120 Å². The third-order valence-electron chi connectivity index (χ3n) is 14.4. The van der Waals surface area contributed by atoms with Crippen LogP contribution in [0.4, 0.5) is 0 Å². The molecule has 20 heteroatoms. The summed E-state index contributed by atoms with van der Waals surface area (Å²) in [7, 11) is 6.76. The van der Waals surface area contributed by atoms with Crippen molar-refractivity contribution in [1.82, 2.24) is 29.6 Å². The van der Waals surface area contributed by atoms with E-state index in [9.17, 15) is 19.2 Å². The van der Waals surface area contributed by atoms with Gasteiger partial charge in [-0.3, -0.25) is 9.97 Å². The lowest BCUT2D eigenvalue weighted by Gasteiger charge is -2.38. The number of nitrogens with zero attached hydrogens (tertiary/aromatic N) is 6. The number of carbonyl (C=O) groups excluding carboxylic acids is 4. The summed E-state index contributed by atoms with van der Waals surface area (Å²) in [6.45, 7) is 19.7. The second-order valence-electron chi connectivity index (χ2n) is 23.3. The topological polar surface area (TPSA) is 162 Å². The Hall–Kier alpha value is -6.22. The SMILES string of the molecule is CC(C)C[C@@H]1C(=O)O[C@@H](Cc2ccc(OCc3ccccn3)cc2)C(=S)N(C)[C@H](CC(C)C)C(=O)O[C@@H](C)C(=S)N(C)[C@H](CC(C)C)C(=O)O[C@@H](Cc2ccc(OCc3ccccn3)cc2)C(=S)N(C)[C@H](CC(C)C)C(=O)O[C@@H](C)C(=S)N1C. The normalized spacial score (nSPS) is 22.5. The summed E-state index contributed by atoms with van der Waals surface area (Å²) in [6, 6.07) is 22.2. The molecule has 0 amide bonds. The van der Waals surface area contributed by atoms with E-state index in [0.29, 0.717) is 37.2 Å². The number of cyclic esters (lactones) is 4. The van der Waals surface area contributed by atoms with Crippen molar-refractivity contribution in [2.45, 2.75) is 170 Å². The van der Waals surface area contributed by atoms with E-state index in [4.69, 9.17) is 77.3 Å². The third-order valence-corrected chi connectivity index (χ3v) is 16.7. The van der Waals surface area contributed by atoms with Crippen molar-refractivity contribution in [2.75, 3.05) is 28.2 Å². The van der Waals surface area contributed by atoms with Gasteiger partial charge in [0.1, 0.15) is 81.0 Å². The molecule has 4 aromatic rings. The van der Waals surface area contributed by atoms with Gasteiger partial charge in [-0.25, -0.2) is 19.2 Å². The van der Waals surface area contributed by atoms with Gasteiger partial charge >= 0.3 is 23.9 Å². The van der Waals surface area contributed by atoms with Crippen LogP contribution in [0.15, 0.2) is 97.3 Å². The zero-order valence-electron chi connectivity index (χ0n) is 51.2. The van der Waals surface area contributed by atoms with E-state index in [1.54, 1.807) is 74.0 Å². The monoisotopic (exact) mass is 1230 g/mol. The van der Waals surface area contributed by atoms with E-state index in [1.807, 2.05) is 140 Å². The number of carbonyl (C=O) groups is 4. The Balaban J connectivity index is 1.57. The Morgan fingerprint density at radius 2 is 0.714 bits per heavy atom. The molecule has 0 aliphatic carbocycles. The van der Waals surface area contributed by atoms with Gasteiger partial charge in [-0.05, 0) is 123 Å². The second-order valence-corrected chi connectivity index (χ2v) is 25.0. The summed E-state index contributed by atoms with van der Waals surface area (Å²) in [4.78, 5) is 75.3. The van der Waals surface area contributed by atoms with E-state index >= 15 is 0 Å². The Labute approximate surface area is 519 Å². The Morgan fingerprint density at radius 1 is 0.429 bits per heavy atom. The van der Waals surface area contributed by atoms with Crippen molar-refractivity contribution < 1.29 is 47.6 Å². The molecule has 0 spiro atoms. The highest BCUT2D eigenvalue weighted by molar-refractivity contribution is 7.81. The first-order valence-corrected chi connectivity index (χ1v) is 30.5. The zero-order chi connectivity index (χ0) is 61.9. The van der Waals surface area contributed by atoms with Gasteiger partial charge in [0.2, 0.25) is 0 Å². The minimum atomic E-state index is -1.07. The molecule has 0 bridgehead atoms. The molecule has 3 heterocycles. The second kappa shape index (κ2) is 32.9. The van der Waals surface area contributed by atoms with E-state index in [-0.39, 0.29) is 69.7 Å². The van der Waals surface area contributed by atoms with Gasteiger partial charge in [-0.15, -0.1) is 0 Å². The summed E-state index contributed by atoms with van der Waals surface area (Å²) >= 11 is 24.7. The first kappa shape index (κ1) is 68.6. The van der Waals surface area contributed by atoms with Crippen LogP contribution in [0.1, 0.15) is 117 Å². The Morgan fingerprint density at radius 3 is 0.988 bits per heavy atom. The fourth-order valence-corrected chi connectivity index (χ4v) is 10.5. The molecule has 0 saturated carbocycles. The summed E-state index contributed by atoms with van der Waals surface area (Å²) in [5.74, 6) is -1.31. The molecule has 1 saturated heterocycles. The van der Waals surface area contributed by atoms with Crippen LogP contribution in [-0.2, 0) is 64.2 Å². The molecule has 0 N–H and O–H groups in total. The minimum Gasteiger partial charge on any atom is -0.487 e. The number of rotatable bonds is 18. The molecule has 1 aliphatic rings. The lowest BCUT2D eigenvalue weighted by Crippen LogP contribution is -2.54. The quantitative estimate of drug-likeness (QED) is 0.0525. The van der Waals surface area contributed by atoms with Gasteiger partial charge in [0, 0.05) is 53.4 Å². The molecule has 2 aromatic carbocycles. The zero-order valence-corrected chi connectivity index (χ0v) is 54.5. The molecule has 1 aliphatic heterocycles. The molecule has 1 fully saturated rings. The van der Waals surface area contributed by atoms with Crippen LogP contribution in [0.3, 0.4) is 0 Å². The molecule has 456 valence electrons. The smallest absolute Gasteiger partial charge is 0.329 e. The standard InChI is InChI=1S/C64H86N6O10S4/c1-39(2)31-51-61(71)77-43(9)57(81)67(11)54(34-42(7)8)64(74)80-56(36-46-23-27-50(28-24-46)76-38-48-20-16-18-30-66-48)60(84)70(14)52(32-40(3)4)62(72)78-44(10)58(82)68(12)53(33-41(5)6)63(73)79-55(59(83)69(51)13)35-45-21-25-49(26-22-45)75-37-47-19-15-17-29-65-47/h15-30,39-44,51-56H,31-38H2,1-14H3/t43-,44-,51+,52+,53+,54+,55-,56-/m0/s1. The van der Waals surface area contributed by atoms with Crippen LogP contribution in [0.25, 0.3) is 0 Å². The van der Waals surface area contributed by atoms with Crippen LogP contribution >= 0.6 is 48.9 Å². The highest BCUT2D eigenvalue weighted by atomic mass is 32.1. The Bertz CT molecular complexity index is 2620. The van der Waals surface area contributed by atoms with Crippen LogP contribution in [0.5, 0.6) is 11.5 Å². The predicted octanol–water partition coefficient (Wildman–Crippen LogP) is 10.8. The highest BCUT2D eigenvalue weighted by Crippen LogP contribution is 2.27. The minimum absolute atomic E-state index is 0.0160. The summed E-state index contributed by atoms with van der Waals surface area (Å²) in [5.41, 5.74) is 3.09. The number of pyridine rings is 2. The molecule has 0 radical (unpaired) electrons. The number of esters is 4. The van der Waals surface area contributed by atoms with Gasteiger partial charge < -0.3 is 48.0 Å². The van der Waals surface area contributed by atoms with Crippen molar-refractivity contribution in [2.24, 2.45) is 23.7 Å². The van der Waals surface area contributed by atoms with Gasteiger partial charge in [-0.1, -0.05) is 141 Å². The molecule has 0 unspecified atom stereocenters. The number of aromatic nitrogens is 2. The maximum Gasteiger partial charge on any atom is 0.329 e. The van der Waals surface area contributed by atoms with Gasteiger partial charge in [0.15, 0.2) is 12.2 Å². The summed E-state index contributed by atoms with van der Waals surface area (Å²) in [5, 5.41) is 0. The number of hydrogen-bond acceptors (Lipinski definition) is 16. The lowest BCUT2D eigenvalue weighted by atomic mass is 10.00. The van der Waals surface area contributed by atoms with E-state index in [1.165, 1.54) is 0 Å². The number of likely N-dealkylation sites (N-methyl/N-ethyl adjacent to an activating group) is 4. The van der Waals surface area contributed by atoms with Crippen molar-refractivity contribution in [1.29, 1.82) is 0 Å². The van der Waals surface area contributed by atoms with Crippen LogP contribution < -0.4 is 9.47 Å². The number of thiocarbonyl (C=S) groups is 4. The predicted molar refractivity (Wildman–Crippen MR) is 343 cm³/mol. The fourth-order valence-electron chi connectivity index (χ4n) is 9.63. The highest BCUT2D eigenvalue weighted by Gasteiger charge is 2.40. The van der Waals surface area contributed by atoms with Gasteiger partial charge in [-0.2, -0.15) is 0 Å².